The number of hydrogen-bond donors (Lipinski definition) is 2. The molecule has 5 heterocycles. The number of methoxy groups -OCH3 is 1. The minimum absolute atomic E-state index is 0.0391. The number of carbonyl (C=O) groups is 3. The number of halogens is 1. The van der Waals surface area contributed by atoms with Crippen molar-refractivity contribution in [2.24, 2.45) is 7.05 Å². The summed E-state index contributed by atoms with van der Waals surface area (Å²) in [6.07, 6.45) is 3.64. The number of nitrogens with one attached hydrogen (secondary N) is 2. The standard InChI is InChI=1S/C42H34FN5O7/c1-23-15-30-34(47(2)42(23)52)17-26(53-3)18-35(30)48-13-14-54-38-19-28(32(43)20-36(38)48)25-7-9-33(45-21-25)41(51)44-12-4-5-24-6-10-37-29(16-24)31(22-55-37)27-8-11-39(49)46-40(27)50/h6-7,9-10,15-22,27H,8,11-14H2,1-3H3,(H,44,51)(H,46,49,50). The second-order valence-corrected chi connectivity index (χ2v) is 13.4. The van der Waals surface area contributed by atoms with Crippen molar-refractivity contribution in [3.8, 4) is 34.5 Å². The third kappa shape index (κ3) is 6.52. The molecule has 3 aromatic heterocycles. The highest BCUT2D eigenvalue weighted by Crippen LogP contribution is 2.44. The monoisotopic (exact) mass is 739 g/mol. The molecule has 13 heteroatoms. The zero-order chi connectivity index (χ0) is 38.4. The van der Waals surface area contributed by atoms with E-state index in [-0.39, 0.29) is 41.6 Å². The Balaban J connectivity index is 0.975. The van der Waals surface area contributed by atoms with Gasteiger partial charge in [0.05, 0.1) is 49.3 Å². The molecule has 3 amide bonds. The fourth-order valence-electron chi connectivity index (χ4n) is 7.16. The van der Waals surface area contributed by atoms with Gasteiger partial charge in [0, 0.05) is 76.5 Å². The molecule has 0 saturated carbocycles. The average Bonchev–Trinajstić information content (AvgIpc) is 3.61. The van der Waals surface area contributed by atoms with E-state index in [0.29, 0.717) is 70.1 Å². The van der Waals surface area contributed by atoms with Gasteiger partial charge in [0.15, 0.2) is 0 Å². The van der Waals surface area contributed by atoms with Crippen molar-refractivity contribution >= 4 is 51.0 Å². The van der Waals surface area contributed by atoms with Crippen molar-refractivity contribution in [1.29, 1.82) is 0 Å². The van der Waals surface area contributed by atoms with E-state index in [1.807, 2.05) is 23.1 Å². The van der Waals surface area contributed by atoms with Crippen LogP contribution in [0.15, 0.2) is 82.3 Å². The molecule has 3 aromatic carbocycles. The van der Waals surface area contributed by atoms with Gasteiger partial charge in [-0.05, 0) is 49.7 Å². The third-order valence-corrected chi connectivity index (χ3v) is 10.0. The van der Waals surface area contributed by atoms with Gasteiger partial charge in [-0.25, -0.2) is 4.39 Å². The van der Waals surface area contributed by atoms with Gasteiger partial charge in [-0.3, -0.25) is 29.5 Å². The van der Waals surface area contributed by atoms with Crippen molar-refractivity contribution in [3.05, 3.63) is 112 Å². The number of imide groups is 1. The predicted molar refractivity (Wildman–Crippen MR) is 203 cm³/mol. The number of rotatable bonds is 6. The van der Waals surface area contributed by atoms with Crippen molar-refractivity contribution in [2.45, 2.75) is 25.7 Å². The number of benzene rings is 3. The van der Waals surface area contributed by atoms with E-state index in [2.05, 4.69) is 27.5 Å². The van der Waals surface area contributed by atoms with Crippen molar-refractivity contribution in [3.63, 3.8) is 0 Å². The summed E-state index contributed by atoms with van der Waals surface area (Å²) in [7, 11) is 3.27. The van der Waals surface area contributed by atoms with Crippen molar-refractivity contribution < 1.29 is 32.7 Å². The van der Waals surface area contributed by atoms with Crippen molar-refractivity contribution in [1.82, 2.24) is 20.2 Å². The molecule has 276 valence electrons. The average molecular weight is 740 g/mol. The van der Waals surface area contributed by atoms with Crippen LogP contribution in [0.4, 0.5) is 15.8 Å². The molecule has 0 spiro atoms. The summed E-state index contributed by atoms with van der Waals surface area (Å²) >= 11 is 0. The van der Waals surface area contributed by atoms with Crippen LogP contribution < -0.4 is 30.6 Å². The fraction of sp³-hybridized carbons (Fsp3) is 0.214. The Labute approximate surface area is 313 Å². The number of anilines is 2. The minimum Gasteiger partial charge on any atom is -0.497 e. The molecule has 1 fully saturated rings. The number of pyridine rings is 2. The summed E-state index contributed by atoms with van der Waals surface area (Å²) in [6, 6.07) is 17.1. The lowest BCUT2D eigenvalue weighted by Gasteiger charge is -2.33. The highest BCUT2D eigenvalue weighted by atomic mass is 19.1. The van der Waals surface area contributed by atoms with Crippen LogP contribution in [0, 0.1) is 24.6 Å². The van der Waals surface area contributed by atoms with Crippen LogP contribution in [-0.4, -0.2) is 54.1 Å². The number of piperidine rings is 1. The SMILES string of the molecule is COc1cc(N2CCOc3cc(-c4ccc(C(=O)NCC#Cc5ccc6occ(C7CCC(=O)NC7=O)c6c5)nc4)c(F)cc32)c2cc(C)c(=O)n(C)c2c1. The number of nitrogens with zero attached hydrogens (tertiary/aromatic N) is 3. The summed E-state index contributed by atoms with van der Waals surface area (Å²) in [5, 5.41) is 6.67. The molecule has 0 bridgehead atoms. The minimum atomic E-state index is -0.503. The Hall–Kier alpha value is -6.94. The molecule has 12 nitrogen and oxygen atoms in total. The van der Waals surface area contributed by atoms with Gasteiger partial charge in [0.2, 0.25) is 11.8 Å². The van der Waals surface area contributed by atoms with Crippen LogP contribution in [0.5, 0.6) is 11.5 Å². The van der Waals surface area contributed by atoms with E-state index in [1.54, 1.807) is 62.2 Å². The number of aromatic nitrogens is 2. The maximum atomic E-state index is 15.9. The topological polar surface area (TPSA) is 145 Å². The largest absolute Gasteiger partial charge is 0.497 e. The first-order chi connectivity index (χ1) is 26.6. The second-order valence-electron chi connectivity index (χ2n) is 13.4. The lowest BCUT2D eigenvalue weighted by Crippen LogP contribution is -2.39. The summed E-state index contributed by atoms with van der Waals surface area (Å²) in [6.45, 7) is 2.58. The first-order valence-corrected chi connectivity index (χ1v) is 17.6. The van der Waals surface area contributed by atoms with E-state index in [9.17, 15) is 19.2 Å². The maximum Gasteiger partial charge on any atom is 0.270 e. The van der Waals surface area contributed by atoms with Crippen molar-refractivity contribution in [2.75, 3.05) is 31.7 Å². The normalized spacial score (nSPS) is 15.2. The van der Waals surface area contributed by atoms with Gasteiger partial charge >= 0.3 is 0 Å². The number of aryl methyl sites for hydroxylation is 2. The van der Waals surface area contributed by atoms with E-state index in [1.165, 1.54) is 18.3 Å². The number of amides is 3. The number of ether oxygens (including phenoxy) is 2. The fourth-order valence-corrected chi connectivity index (χ4v) is 7.16. The van der Waals surface area contributed by atoms with Crippen LogP contribution in [0.3, 0.4) is 0 Å². The lowest BCUT2D eigenvalue weighted by molar-refractivity contribution is -0.134. The smallest absolute Gasteiger partial charge is 0.270 e. The first kappa shape index (κ1) is 35.1. The van der Waals surface area contributed by atoms with E-state index < -0.39 is 17.6 Å². The molecular formula is C42H34FN5O7. The van der Waals surface area contributed by atoms with E-state index in [4.69, 9.17) is 13.9 Å². The molecule has 0 radical (unpaired) electrons. The highest BCUT2D eigenvalue weighted by Gasteiger charge is 2.30. The summed E-state index contributed by atoms with van der Waals surface area (Å²) in [4.78, 5) is 55.9. The maximum absolute atomic E-state index is 15.9. The van der Waals surface area contributed by atoms with Crippen LogP contribution >= 0.6 is 0 Å². The van der Waals surface area contributed by atoms with Crippen LogP contribution in [0.1, 0.15) is 45.9 Å². The van der Waals surface area contributed by atoms with Gasteiger partial charge < -0.3 is 28.7 Å². The molecule has 6 aromatic rings. The van der Waals surface area contributed by atoms with E-state index >= 15 is 4.39 Å². The zero-order valence-corrected chi connectivity index (χ0v) is 30.1. The van der Waals surface area contributed by atoms with E-state index in [0.717, 1.165) is 16.5 Å². The Morgan fingerprint density at radius 2 is 1.93 bits per heavy atom. The highest BCUT2D eigenvalue weighted by molar-refractivity contribution is 6.03. The Morgan fingerprint density at radius 3 is 2.71 bits per heavy atom. The van der Waals surface area contributed by atoms with Gasteiger partial charge in [-0.1, -0.05) is 17.9 Å². The second kappa shape index (κ2) is 14.1. The third-order valence-electron chi connectivity index (χ3n) is 10.0. The summed E-state index contributed by atoms with van der Waals surface area (Å²) in [5.74, 6) is 4.91. The lowest BCUT2D eigenvalue weighted by atomic mass is 9.90. The van der Waals surface area contributed by atoms with Gasteiger partial charge in [0.25, 0.3) is 11.5 Å². The Bertz CT molecular complexity index is 2690. The van der Waals surface area contributed by atoms with Crippen LogP contribution in [-0.2, 0) is 16.6 Å². The molecule has 1 atom stereocenters. The quantitative estimate of drug-likeness (QED) is 0.164. The van der Waals surface area contributed by atoms with Gasteiger partial charge in [-0.2, -0.15) is 0 Å². The van der Waals surface area contributed by atoms with Gasteiger partial charge in [0.1, 0.15) is 35.2 Å². The molecular weight excluding hydrogens is 705 g/mol. The molecule has 8 rings (SSSR count). The number of carbonyl (C=O) groups excluding carboxylic acids is 3. The number of hydrogen-bond acceptors (Lipinski definition) is 9. The molecule has 0 aliphatic carbocycles. The molecule has 2 aliphatic heterocycles. The molecule has 2 N–H and O–H groups in total. The molecule has 55 heavy (non-hydrogen) atoms. The summed E-state index contributed by atoms with van der Waals surface area (Å²) < 4.78 is 34.7. The molecule has 1 saturated heterocycles. The van der Waals surface area contributed by atoms with Crippen LogP contribution in [0.2, 0.25) is 0 Å². The zero-order valence-electron chi connectivity index (χ0n) is 30.1. The molecule has 2 aliphatic rings. The summed E-state index contributed by atoms with van der Waals surface area (Å²) in [5.41, 5.74) is 5.26. The first-order valence-electron chi connectivity index (χ1n) is 17.6. The van der Waals surface area contributed by atoms with Crippen LogP contribution in [0.25, 0.3) is 33.0 Å². The molecule has 1 unspecified atom stereocenters. The Kier molecular flexibility index (Phi) is 9.02. The Morgan fingerprint density at radius 1 is 1.07 bits per heavy atom. The predicted octanol–water partition coefficient (Wildman–Crippen LogP) is 5.64. The number of furan rings is 1. The van der Waals surface area contributed by atoms with Gasteiger partial charge in [-0.15, -0.1) is 0 Å². The number of fused-ring (bicyclic) bond motifs is 3.